The van der Waals surface area contributed by atoms with E-state index >= 15 is 0 Å². The fraction of sp³-hybridized carbons (Fsp3) is 0.529. The van der Waals surface area contributed by atoms with E-state index in [9.17, 15) is 0 Å². The third kappa shape index (κ3) is 2.55. The van der Waals surface area contributed by atoms with Crippen molar-refractivity contribution in [1.82, 2.24) is 10.1 Å². The summed E-state index contributed by atoms with van der Waals surface area (Å²) in [7, 11) is 0. The lowest BCUT2D eigenvalue weighted by Gasteiger charge is -2.22. The van der Waals surface area contributed by atoms with E-state index in [4.69, 9.17) is 10.3 Å². The van der Waals surface area contributed by atoms with Crippen LogP contribution in [0.3, 0.4) is 0 Å². The van der Waals surface area contributed by atoms with Crippen LogP contribution in [0.5, 0.6) is 0 Å². The van der Waals surface area contributed by atoms with Gasteiger partial charge >= 0.3 is 0 Å². The second-order valence-corrected chi connectivity index (χ2v) is 6.46. The van der Waals surface area contributed by atoms with Crippen molar-refractivity contribution in [2.24, 2.45) is 5.73 Å². The first-order chi connectivity index (χ1) is 10.3. The number of benzene rings is 1. The number of fused-ring (bicyclic) bond motifs is 1. The molecule has 1 aromatic carbocycles. The summed E-state index contributed by atoms with van der Waals surface area (Å²) in [4.78, 5) is 4.68. The highest BCUT2D eigenvalue weighted by molar-refractivity contribution is 5.85. The lowest BCUT2D eigenvalue weighted by atomic mass is 9.83. The van der Waals surface area contributed by atoms with Crippen LogP contribution in [-0.2, 0) is 12.0 Å². The highest BCUT2D eigenvalue weighted by Gasteiger charge is 2.37. The van der Waals surface area contributed by atoms with E-state index in [0.29, 0.717) is 5.82 Å². The molecule has 1 heterocycles. The molecule has 1 saturated carbocycles. The van der Waals surface area contributed by atoms with E-state index in [1.807, 2.05) is 0 Å². The molecule has 0 saturated heterocycles. The van der Waals surface area contributed by atoms with Gasteiger partial charge in [0.15, 0.2) is 5.82 Å². The van der Waals surface area contributed by atoms with Crippen LogP contribution < -0.4 is 5.73 Å². The van der Waals surface area contributed by atoms with Crippen molar-refractivity contribution in [2.75, 3.05) is 0 Å². The topological polar surface area (TPSA) is 64.9 Å². The van der Waals surface area contributed by atoms with Gasteiger partial charge in [-0.3, -0.25) is 0 Å². The van der Waals surface area contributed by atoms with Gasteiger partial charge in [-0.05, 0) is 43.2 Å². The zero-order valence-corrected chi connectivity index (χ0v) is 13.4. The molecule has 0 spiro atoms. The van der Waals surface area contributed by atoms with Gasteiger partial charge in [-0.25, -0.2) is 0 Å². The molecule has 22 heavy (non-hydrogen) atoms. The Balaban J connectivity index is 0.00000144. The van der Waals surface area contributed by atoms with Gasteiger partial charge in [0, 0.05) is 0 Å². The monoisotopic (exact) mass is 319 g/mol. The van der Waals surface area contributed by atoms with Crippen molar-refractivity contribution in [3.63, 3.8) is 0 Å². The summed E-state index contributed by atoms with van der Waals surface area (Å²) >= 11 is 0. The lowest BCUT2D eigenvalue weighted by Crippen LogP contribution is -2.34. The third-order valence-corrected chi connectivity index (χ3v) is 5.05. The molecule has 0 aliphatic heterocycles. The zero-order valence-electron chi connectivity index (χ0n) is 12.6. The highest BCUT2D eigenvalue weighted by Crippen LogP contribution is 2.38. The van der Waals surface area contributed by atoms with Gasteiger partial charge in [-0.2, -0.15) is 4.98 Å². The van der Waals surface area contributed by atoms with Gasteiger partial charge in [0.1, 0.15) is 0 Å². The summed E-state index contributed by atoms with van der Waals surface area (Å²) in [6.07, 6.45) is 7.65. The first-order valence-corrected chi connectivity index (χ1v) is 7.97. The average Bonchev–Trinajstić information content (AvgIpc) is 3.16. The second kappa shape index (κ2) is 6.01. The predicted octanol–water partition coefficient (Wildman–Crippen LogP) is 3.69. The summed E-state index contributed by atoms with van der Waals surface area (Å²) in [5, 5.41) is 4.21. The van der Waals surface area contributed by atoms with Gasteiger partial charge in [-0.15, -0.1) is 12.4 Å². The third-order valence-electron chi connectivity index (χ3n) is 5.05. The van der Waals surface area contributed by atoms with Crippen molar-refractivity contribution in [1.29, 1.82) is 0 Å². The molecule has 5 heteroatoms. The largest absolute Gasteiger partial charge is 0.339 e. The molecule has 0 amide bonds. The minimum absolute atomic E-state index is 0. The Morgan fingerprint density at radius 2 is 1.91 bits per heavy atom. The maximum Gasteiger partial charge on any atom is 0.234 e. The number of aryl methyl sites for hydroxylation is 1. The van der Waals surface area contributed by atoms with Crippen LogP contribution in [-0.4, -0.2) is 10.1 Å². The first kappa shape index (κ1) is 15.5. The lowest BCUT2D eigenvalue weighted by molar-refractivity contribution is 0.334. The second-order valence-electron chi connectivity index (χ2n) is 6.46. The summed E-state index contributed by atoms with van der Waals surface area (Å²) < 4.78 is 5.60. The molecule has 1 aromatic heterocycles. The minimum atomic E-state index is -0.365. The number of hydrogen-bond acceptors (Lipinski definition) is 4. The predicted molar refractivity (Wildman–Crippen MR) is 87.1 cm³/mol. The Kier molecular flexibility index (Phi) is 4.24. The molecule has 4 rings (SSSR count). The molecule has 2 aliphatic rings. The van der Waals surface area contributed by atoms with Gasteiger partial charge in [0.2, 0.25) is 5.89 Å². The number of hydrogen-bond donors (Lipinski definition) is 1. The summed E-state index contributed by atoms with van der Waals surface area (Å²) in [6, 6.07) is 8.60. The standard InChI is InChI=1S/C17H21N3O.ClH/c18-17(10-3-4-11-17)16-19-15(21-20-16)14-9-5-7-12-6-1-2-8-13(12)14;/h1-2,6,8,14H,3-5,7,9-11,18H2;1H. The van der Waals surface area contributed by atoms with E-state index < -0.39 is 0 Å². The van der Waals surface area contributed by atoms with Crippen LogP contribution in [0.25, 0.3) is 0 Å². The maximum absolute atomic E-state index is 6.43. The van der Waals surface area contributed by atoms with Gasteiger partial charge < -0.3 is 10.3 Å². The highest BCUT2D eigenvalue weighted by atomic mass is 35.5. The number of nitrogens with zero attached hydrogens (tertiary/aromatic N) is 2. The van der Waals surface area contributed by atoms with Crippen molar-refractivity contribution < 1.29 is 4.52 Å². The Morgan fingerprint density at radius 1 is 1.14 bits per heavy atom. The fourth-order valence-electron chi connectivity index (χ4n) is 3.82. The molecule has 2 N–H and O–H groups in total. The number of nitrogens with two attached hydrogens (primary N) is 1. The smallest absolute Gasteiger partial charge is 0.234 e. The maximum atomic E-state index is 6.43. The summed E-state index contributed by atoms with van der Waals surface area (Å²) in [5.74, 6) is 1.69. The molecular formula is C17H22ClN3O. The van der Waals surface area contributed by atoms with Crippen LogP contribution in [0, 0.1) is 0 Å². The Bertz CT molecular complexity index is 649. The van der Waals surface area contributed by atoms with Crippen LogP contribution in [0.2, 0.25) is 0 Å². The normalized spacial score (nSPS) is 22.9. The van der Waals surface area contributed by atoms with E-state index in [0.717, 1.165) is 44.4 Å². The molecule has 2 aliphatic carbocycles. The summed E-state index contributed by atoms with van der Waals surface area (Å²) in [5.41, 5.74) is 8.83. The zero-order chi connectivity index (χ0) is 14.3. The molecule has 1 atom stereocenters. The number of aromatic nitrogens is 2. The Hall–Kier alpha value is -1.39. The van der Waals surface area contributed by atoms with Crippen LogP contribution in [0.1, 0.15) is 67.3 Å². The molecule has 0 radical (unpaired) electrons. The number of rotatable bonds is 2. The molecule has 2 aromatic rings. The molecule has 1 fully saturated rings. The molecule has 0 bridgehead atoms. The van der Waals surface area contributed by atoms with Gasteiger partial charge in [0.25, 0.3) is 0 Å². The molecule has 118 valence electrons. The van der Waals surface area contributed by atoms with Crippen molar-refractivity contribution in [2.45, 2.75) is 56.4 Å². The van der Waals surface area contributed by atoms with E-state index in [1.54, 1.807) is 0 Å². The van der Waals surface area contributed by atoms with E-state index in [2.05, 4.69) is 34.4 Å². The van der Waals surface area contributed by atoms with Crippen molar-refractivity contribution in [3.8, 4) is 0 Å². The van der Waals surface area contributed by atoms with Crippen LogP contribution >= 0.6 is 12.4 Å². The van der Waals surface area contributed by atoms with E-state index in [-0.39, 0.29) is 23.9 Å². The van der Waals surface area contributed by atoms with Gasteiger partial charge in [0.05, 0.1) is 11.5 Å². The average molecular weight is 320 g/mol. The van der Waals surface area contributed by atoms with Crippen molar-refractivity contribution in [3.05, 3.63) is 47.1 Å². The SMILES string of the molecule is Cl.NC1(c2noc(C3CCCc4ccccc43)n2)CCCC1. The van der Waals surface area contributed by atoms with Crippen LogP contribution in [0.15, 0.2) is 28.8 Å². The summed E-state index contributed by atoms with van der Waals surface area (Å²) in [6.45, 7) is 0. The quantitative estimate of drug-likeness (QED) is 0.917. The Morgan fingerprint density at radius 3 is 2.73 bits per heavy atom. The minimum Gasteiger partial charge on any atom is -0.339 e. The first-order valence-electron chi connectivity index (χ1n) is 7.97. The molecular weight excluding hydrogens is 298 g/mol. The van der Waals surface area contributed by atoms with E-state index in [1.165, 1.54) is 17.5 Å². The number of halogens is 1. The Labute approximate surface area is 136 Å². The van der Waals surface area contributed by atoms with Crippen molar-refractivity contribution >= 4 is 12.4 Å². The van der Waals surface area contributed by atoms with Crippen LogP contribution in [0.4, 0.5) is 0 Å². The molecule has 1 unspecified atom stereocenters. The van der Waals surface area contributed by atoms with Gasteiger partial charge in [-0.1, -0.05) is 42.3 Å². The fourth-order valence-corrected chi connectivity index (χ4v) is 3.82. The molecule has 4 nitrogen and oxygen atoms in total.